The molecule has 0 bridgehead atoms. The first-order valence-corrected chi connectivity index (χ1v) is 9.16. The maximum atomic E-state index is 11.9. The first-order valence-electron chi connectivity index (χ1n) is 7.27. The van der Waals surface area contributed by atoms with Crippen molar-refractivity contribution < 1.29 is 13.2 Å². The van der Waals surface area contributed by atoms with E-state index in [1.807, 2.05) is 0 Å². The van der Waals surface area contributed by atoms with Crippen LogP contribution < -0.4 is 10.3 Å². The van der Waals surface area contributed by atoms with E-state index in [1.54, 1.807) is 45.3 Å². The molecule has 0 amide bonds. The van der Waals surface area contributed by atoms with Gasteiger partial charge in [-0.05, 0) is 49.2 Å². The van der Waals surface area contributed by atoms with Crippen molar-refractivity contribution in [1.82, 2.24) is 4.57 Å². The van der Waals surface area contributed by atoms with Gasteiger partial charge in [0.1, 0.15) is 12.4 Å². The molecule has 1 aromatic carbocycles. The lowest BCUT2D eigenvalue weighted by molar-refractivity contribution is 0.369. The van der Waals surface area contributed by atoms with Crippen LogP contribution in [0, 0.1) is 18.8 Å². The van der Waals surface area contributed by atoms with Crippen LogP contribution in [0.3, 0.4) is 0 Å². The molecule has 0 N–H and O–H groups in total. The van der Waals surface area contributed by atoms with Crippen molar-refractivity contribution in [2.24, 2.45) is 7.05 Å². The third kappa shape index (κ3) is 4.06. The number of pyridine rings is 1. The molecule has 126 valence electrons. The molecular weight excluding hydrogens is 326 g/mol. The van der Waals surface area contributed by atoms with Crippen molar-refractivity contribution in [2.75, 3.05) is 12.9 Å². The molecule has 0 spiro atoms. The molecule has 0 fully saturated rings. The molecule has 6 heteroatoms. The average molecular weight is 345 g/mol. The minimum atomic E-state index is -3.40. The molecule has 2 rings (SSSR count). The van der Waals surface area contributed by atoms with Crippen LogP contribution in [0.25, 0.3) is 11.1 Å². The second-order valence-corrected chi connectivity index (χ2v) is 7.52. The lowest BCUT2D eigenvalue weighted by atomic mass is 10.1. The Bertz CT molecular complexity index is 966. The summed E-state index contributed by atoms with van der Waals surface area (Å²) in [6.07, 6.45) is 2.82. The normalized spacial score (nSPS) is 10.8. The van der Waals surface area contributed by atoms with Gasteiger partial charge in [-0.25, -0.2) is 8.42 Å². The summed E-state index contributed by atoms with van der Waals surface area (Å²) >= 11 is 0. The number of rotatable bonds is 4. The van der Waals surface area contributed by atoms with Gasteiger partial charge in [0, 0.05) is 25.1 Å². The zero-order chi connectivity index (χ0) is 17.9. The van der Waals surface area contributed by atoms with Gasteiger partial charge in [-0.15, -0.1) is 5.92 Å². The van der Waals surface area contributed by atoms with Crippen LogP contribution in [0.4, 0.5) is 0 Å². The molecule has 0 aliphatic heterocycles. The van der Waals surface area contributed by atoms with Gasteiger partial charge in [0.2, 0.25) is 0 Å². The van der Waals surface area contributed by atoms with Crippen LogP contribution in [0.1, 0.15) is 12.5 Å². The van der Waals surface area contributed by atoms with E-state index in [2.05, 4.69) is 11.8 Å². The Morgan fingerprint density at radius 2 is 1.88 bits per heavy atom. The van der Waals surface area contributed by atoms with E-state index < -0.39 is 9.84 Å². The van der Waals surface area contributed by atoms with Crippen LogP contribution in [0.15, 0.2) is 40.2 Å². The van der Waals surface area contributed by atoms with Crippen molar-refractivity contribution in [2.45, 2.75) is 18.7 Å². The van der Waals surface area contributed by atoms with Gasteiger partial charge in [-0.1, -0.05) is 5.92 Å². The Morgan fingerprint density at radius 3 is 2.46 bits per heavy atom. The minimum Gasteiger partial charge on any atom is -0.481 e. The predicted octanol–water partition coefficient (Wildman–Crippen LogP) is 2.17. The maximum Gasteiger partial charge on any atom is 0.253 e. The fraction of sp³-hybridized carbons (Fsp3) is 0.278. The van der Waals surface area contributed by atoms with Crippen molar-refractivity contribution in [3.05, 3.63) is 46.4 Å². The molecular formula is C18H19NO4S. The van der Waals surface area contributed by atoms with Crippen LogP contribution in [-0.4, -0.2) is 25.8 Å². The average Bonchev–Trinajstić information content (AvgIpc) is 2.51. The Kier molecular flexibility index (Phi) is 5.15. The van der Waals surface area contributed by atoms with E-state index >= 15 is 0 Å². The van der Waals surface area contributed by atoms with E-state index in [9.17, 15) is 13.2 Å². The summed E-state index contributed by atoms with van der Waals surface area (Å²) in [4.78, 5) is 12.0. The van der Waals surface area contributed by atoms with E-state index in [1.165, 1.54) is 10.6 Å². The second-order valence-electron chi connectivity index (χ2n) is 5.51. The van der Waals surface area contributed by atoms with Crippen molar-refractivity contribution in [3.8, 4) is 28.7 Å². The second kappa shape index (κ2) is 6.93. The van der Waals surface area contributed by atoms with Gasteiger partial charge in [0.15, 0.2) is 9.84 Å². The van der Waals surface area contributed by atoms with Gasteiger partial charge < -0.3 is 9.30 Å². The zero-order valence-electron chi connectivity index (χ0n) is 14.1. The molecule has 0 radical (unpaired) electrons. The van der Waals surface area contributed by atoms with Gasteiger partial charge in [0.25, 0.3) is 5.56 Å². The topological polar surface area (TPSA) is 65.4 Å². The van der Waals surface area contributed by atoms with Crippen LogP contribution in [0.5, 0.6) is 5.75 Å². The van der Waals surface area contributed by atoms with Gasteiger partial charge in [-0.3, -0.25) is 4.79 Å². The number of hydrogen-bond acceptors (Lipinski definition) is 4. The Labute approximate surface area is 141 Å². The first-order chi connectivity index (χ1) is 11.2. The zero-order valence-corrected chi connectivity index (χ0v) is 14.9. The Balaban J connectivity index is 2.61. The summed E-state index contributed by atoms with van der Waals surface area (Å²) in [5.41, 5.74) is 1.90. The monoisotopic (exact) mass is 345 g/mol. The molecule has 24 heavy (non-hydrogen) atoms. The molecule has 0 unspecified atom stereocenters. The number of nitrogens with zero attached hydrogens (tertiary/aromatic N) is 1. The number of benzene rings is 1. The number of aryl methyl sites for hydroxylation is 2. The van der Waals surface area contributed by atoms with Crippen LogP contribution >= 0.6 is 0 Å². The summed E-state index contributed by atoms with van der Waals surface area (Å²) in [6.45, 7) is 3.60. The van der Waals surface area contributed by atoms with Crippen LogP contribution in [0.2, 0.25) is 0 Å². The SMILES string of the molecule is CC#CCOc1cc(-c2cc(C)c(=O)n(C)c2)cc(S(C)(=O)=O)c1. The molecule has 1 heterocycles. The summed E-state index contributed by atoms with van der Waals surface area (Å²) in [7, 11) is -1.74. The maximum absolute atomic E-state index is 11.9. The van der Waals surface area contributed by atoms with E-state index in [0.29, 0.717) is 16.9 Å². The van der Waals surface area contributed by atoms with Crippen molar-refractivity contribution in [1.29, 1.82) is 0 Å². The Morgan fingerprint density at radius 1 is 1.17 bits per heavy atom. The third-order valence-corrected chi connectivity index (χ3v) is 4.58. The molecule has 2 aromatic rings. The summed E-state index contributed by atoms with van der Waals surface area (Å²) < 4.78 is 30.9. The lowest BCUT2D eigenvalue weighted by Gasteiger charge is -2.11. The molecule has 0 saturated carbocycles. The van der Waals surface area contributed by atoms with E-state index in [0.717, 1.165) is 11.8 Å². The fourth-order valence-corrected chi connectivity index (χ4v) is 2.93. The highest BCUT2D eigenvalue weighted by atomic mass is 32.2. The number of sulfone groups is 1. The molecule has 0 saturated heterocycles. The van der Waals surface area contributed by atoms with Crippen molar-refractivity contribution >= 4 is 9.84 Å². The molecule has 0 aliphatic carbocycles. The predicted molar refractivity (Wildman–Crippen MR) is 93.9 cm³/mol. The molecule has 1 aromatic heterocycles. The summed E-state index contributed by atoms with van der Waals surface area (Å²) in [6, 6.07) is 6.53. The molecule has 5 nitrogen and oxygen atoms in total. The van der Waals surface area contributed by atoms with Gasteiger partial charge >= 0.3 is 0 Å². The largest absolute Gasteiger partial charge is 0.481 e. The summed E-state index contributed by atoms with van der Waals surface area (Å²) in [5.74, 6) is 5.91. The third-order valence-electron chi connectivity index (χ3n) is 3.49. The number of hydrogen-bond donors (Lipinski definition) is 0. The highest BCUT2D eigenvalue weighted by Crippen LogP contribution is 2.28. The highest BCUT2D eigenvalue weighted by Gasteiger charge is 2.13. The van der Waals surface area contributed by atoms with E-state index in [4.69, 9.17) is 4.74 Å². The lowest BCUT2D eigenvalue weighted by Crippen LogP contribution is -2.18. The number of ether oxygens (including phenoxy) is 1. The highest BCUT2D eigenvalue weighted by molar-refractivity contribution is 7.90. The van der Waals surface area contributed by atoms with Crippen molar-refractivity contribution in [3.63, 3.8) is 0 Å². The smallest absolute Gasteiger partial charge is 0.253 e. The number of aromatic nitrogens is 1. The first kappa shape index (κ1) is 17.8. The quantitative estimate of drug-likeness (QED) is 0.797. The standard InChI is InChI=1S/C18H19NO4S/c1-5-6-7-23-16-9-14(10-17(11-16)24(4,21)22)15-8-13(2)18(20)19(3)12-15/h8-12H,7H2,1-4H3. The molecule has 0 aliphatic rings. The summed E-state index contributed by atoms with van der Waals surface area (Å²) in [5, 5.41) is 0. The fourth-order valence-electron chi connectivity index (χ4n) is 2.26. The Hall–Kier alpha value is -2.52. The van der Waals surface area contributed by atoms with Gasteiger partial charge in [-0.2, -0.15) is 0 Å². The molecule has 0 atom stereocenters. The minimum absolute atomic E-state index is 0.0901. The van der Waals surface area contributed by atoms with E-state index in [-0.39, 0.29) is 17.1 Å². The van der Waals surface area contributed by atoms with Gasteiger partial charge in [0.05, 0.1) is 4.90 Å². The van der Waals surface area contributed by atoms with Crippen LogP contribution in [-0.2, 0) is 16.9 Å².